The molecule has 0 unspecified atom stereocenters. The predicted octanol–water partition coefficient (Wildman–Crippen LogP) is 2.37. The normalized spacial score (nSPS) is 17.9. The zero-order chi connectivity index (χ0) is 17.9. The number of hydrogen-bond donors (Lipinski definition) is 1. The van der Waals surface area contributed by atoms with Gasteiger partial charge < -0.3 is 9.88 Å². The Morgan fingerprint density at radius 3 is 2.88 bits per heavy atom. The SMILES string of the molecule is Cn1cc(C(=O)NCCc2nnc3n2CCCC3)c(C2CCCCC2)n1. The molecular weight excluding hydrogens is 328 g/mol. The highest BCUT2D eigenvalue weighted by molar-refractivity contribution is 5.95. The number of amides is 1. The minimum Gasteiger partial charge on any atom is -0.351 e. The molecule has 0 saturated heterocycles. The van der Waals surface area contributed by atoms with Gasteiger partial charge in [-0.25, -0.2) is 0 Å². The maximum absolute atomic E-state index is 12.7. The van der Waals surface area contributed by atoms with Crippen LogP contribution in [0.4, 0.5) is 0 Å². The molecule has 2 aromatic heterocycles. The third kappa shape index (κ3) is 3.52. The summed E-state index contributed by atoms with van der Waals surface area (Å²) in [6.45, 7) is 1.58. The first-order valence-corrected chi connectivity index (χ1v) is 9.95. The summed E-state index contributed by atoms with van der Waals surface area (Å²) in [6.07, 6.45) is 12.0. The minimum atomic E-state index is -0.0166. The number of rotatable bonds is 5. The molecule has 0 spiro atoms. The summed E-state index contributed by atoms with van der Waals surface area (Å²) in [5, 5.41) is 16.2. The second-order valence-corrected chi connectivity index (χ2v) is 7.58. The van der Waals surface area contributed by atoms with Crippen molar-refractivity contribution in [2.24, 2.45) is 7.05 Å². The molecule has 140 valence electrons. The molecule has 1 amide bonds. The van der Waals surface area contributed by atoms with Crippen molar-refractivity contribution in [2.45, 2.75) is 70.3 Å². The van der Waals surface area contributed by atoms with Gasteiger partial charge in [0.2, 0.25) is 0 Å². The van der Waals surface area contributed by atoms with Crippen LogP contribution in [0, 0.1) is 0 Å². The monoisotopic (exact) mass is 356 g/mol. The molecule has 4 rings (SSSR count). The number of aryl methyl sites for hydroxylation is 2. The molecule has 1 N–H and O–H groups in total. The van der Waals surface area contributed by atoms with E-state index in [1.54, 1.807) is 4.68 Å². The Morgan fingerprint density at radius 2 is 2.04 bits per heavy atom. The lowest BCUT2D eigenvalue weighted by Crippen LogP contribution is -2.28. The van der Waals surface area contributed by atoms with E-state index in [0.717, 1.165) is 55.1 Å². The highest BCUT2D eigenvalue weighted by Crippen LogP contribution is 2.33. The molecule has 1 fully saturated rings. The molecular formula is C19H28N6O. The van der Waals surface area contributed by atoms with Crippen LogP contribution in [0.5, 0.6) is 0 Å². The third-order valence-corrected chi connectivity index (χ3v) is 5.66. The van der Waals surface area contributed by atoms with E-state index in [1.807, 2.05) is 13.2 Å². The molecule has 7 heteroatoms. The largest absolute Gasteiger partial charge is 0.351 e. The summed E-state index contributed by atoms with van der Waals surface area (Å²) in [4.78, 5) is 12.7. The van der Waals surface area contributed by atoms with Gasteiger partial charge in [-0.3, -0.25) is 9.48 Å². The van der Waals surface area contributed by atoms with Gasteiger partial charge in [0.1, 0.15) is 11.6 Å². The van der Waals surface area contributed by atoms with E-state index in [0.29, 0.717) is 12.5 Å². The lowest BCUT2D eigenvalue weighted by Gasteiger charge is -2.20. The van der Waals surface area contributed by atoms with E-state index < -0.39 is 0 Å². The number of nitrogens with zero attached hydrogens (tertiary/aromatic N) is 5. The molecule has 3 heterocycles. The summed E-state index contributed by atoms with van der Waals surface area (Å²) in [7, 11) is 1.89. The first-order valence-electron chi connectivity index (χ1n) is 9.95. The average Bonchev–Trinajstić information content (AvgIpc) is 3.26. The Labute approximate surface area is 154 Å². The van der Waals surface area contributed by atoms with E-state index in [4.69, 9.17) is 0 Å². The first-order chi connectivity index (χ1) is 12.7. The van der Waals surface area contributed by atoms with E-state index in [2.05, 4.69) is 25.2 Å². The molecule has 1 aliphatic heterocycles. The van der Waals surface area contributed by atoms with Crippen molar-refractivity contribution < 1.29 is 4.79 Å². The van der Waals surface area contributed by atoms with Crippen molar-refractivity contribution in [3.63, 3.8) is 0 Å². The van der Waals surface area contributed by atoms with Gasteiger partial charge in [0.25, 0.3) is 5.91 Å². The van der Waals surface area contributed by atoms with Crippen molar-refractivity contribution in [3.8, 4) is 0 Å². The fourth-order valence-electron chi connectivity index (χ4n) is 4.29. The molecule has 0 bridgehead atoms. The molecule has 2 aliphatic rings. The highest BCUT2D eigenvalue weighted by Gasteiger charge is 2.25. The molecule has 2 aromatic rings. The van der Waals surface area contributed by atoms with Crippen LogP contribution in [0.15, 0.2) is 6.20 Å². The van der Waals surface area contributed by atoms with Crippen molar-refractivity contribution in [1.29, 1.82) is 0 Å². The zero-order valence-corrected chi connectivity index (χ0v) is 15.6. The maximum Gasteiger partial charge on any atom is 0.254 e. The van der Waals surface area contributed by atoms with Crippen molar-refractivity contribution in [1.82, 2.24) is 29.9 Å². The smallest absolute Gasteiger partial charge is 0.254 e. The summed E-state index contributed by atoms with van der Waals surface area (Å²) >= 11 is 0. The number of nitrogens with one attached hydrogen (secondary N) is 1. The number of carbonyl (C=O) groups excluding carboxylic acids is 1. The molecule has 0 radical (unpaired) electrons. The van der Waals surface area contributed by atoms with Crippen LogP contribution in [0.1, 0.15) is 78.6 Å². The quantitative estimate of drug-likeness (QED) is 0.892. The number of fused-ring (bicyclic) bond motifs is 1. The van der Waals surface area contributed by atoms with Crippen LogP contribution in [0.3, 0.4) is 0 Å². The molecule has 0 atom stereocenters. The van der Waals surface area contributed by atoms with Crippen LogP contribution in [-0.2, 0) is 26.4 Å². The molecule has 1 aliphatic carbocycles. The lowest BCUT2D eigenvalue weighted by molar-refractivity contribution is 0.0952. The lowest BCUT2D eigenvalue weighted by atomic mass is 9.85. The van der Waals surface area contributed by atoms with Crippen molar-refractivity contribution in [2.75, 3.05) is 6.54 Å². The summed E-state index contributed by atoms with van der Waals surface area (Å²) in [6, 6.07) is 0. The van der Waals surface area contributed by atoms with Crippen LogP contribution in [0.25, 0.3) is 0 Å². The van der Waals surface area contributed by atoms with Crippen LogP contribution >= 0.6 is 0 Å². The van der Waals surface area contributed by atoms with Gasteiger partial charge in [0, 0.05) is 45.1 Å². The van der Waals surface area contributed by atoms with E-state index in [9.17, 15) is 4.79 Å². The summed E-state index contributed by atoms with van der Waals surface area (Å²) in [5.74, 6) is 2.48. The summed E-state index contributed by atoms with van der Waals surface area (Å²) in [5.41, 5.74) is 1.72. The van der Waals surface area contributed by atoms with Crippen molar-refractivity contribution >= 4 is 5.91 Å². The Balaban J connectivity index is 1.38. The Morgan fingerprint density at radius 1 is 1.19 bits per heavy atom. The zero-order valence-electron chi connectivity index (χ0n) is 15.6. The van der Waals surface area contributed by atoms with E-state index in [1.165, 1.54) is 32.1 Å². The third-order valence-electron chi connectivity index (χ3n) is 5.66. The Hall–Kier alpha value is -2.18. The second kappa shape index (κ2) is 7.60. The van der Waals surface area contributed by atoms with Gasteiger partial charge in [-0.05, 0) is 25.7 Å². The molecule has 0 aromatic carbocycles. The van der Waals surface area contributed by atoms with Gasteiger partial charge in [0.15, 0.2) is 0 Å². The summed E-state index contributed by atoms with van der Waals surface area (Å²) < 4.78 is 3.99. The van der Waals surface area contributed by atoms with Crippen LogP contribution in [0.2, 0.25) is 0 Å². The van der Waals surface area contributed by atoms with Gasteiger partial charge >= 0.3 is 0 Å². The number of aromatic nitrogens is 5. The molecule has 1 saturated carbocycles. The van der Waals surface area contributed by atoms with Crippen LogP contribution in [-0.4, -0.2) is 37.0 Å². The van der Waals surface area contributed by atoms with Gasteiger partial charge in [-0.15, -0.1) is 10.2 Å². The van der Waals surface area contributed by atoms with E-state index >= 15 is 0 Å². The second-order valence-electron chi connectivity index (χ2n) is 7.58. The standard InChI is InChI=1S/C19H28N6O/c1-24-13-15(18(23-24)14-7-3-2-4-8-14)19(26)20-11-10-17-22-21-16-9-5-6-12-25(16)17/h13-14H,2-12H2,1H3,(H,20,26). The van der Waals surface area contributed by atoms with E-state index in [-0.39, 0.29) is 5.91 Å². The number of hydrogen-bond acceptors (Lipinski definition) is 4. The average molecular weight is 356 g/mol. The number of carbonyl (C=O) groups is 1. The van der Waals surface area contributed by atoms with Gasteiger partial charge in [0.05, 0.1) is 11.3 Å². The maximum atomic E-state index is 12.7. The van der Waals surface area contributed by atoms with Crippen LogP contribution < -0.4 is 5.32 Å². The Bertz CT molecular complexity index is 771. The first kappa shape index (κ1) is 17.2. The Kier molecular flexibility index (Phi) is 5.04. The fraction of sp³-hybridized carbons (Fsp3) is 0.684. The minimum absolute atomic E-state index is 0.0166. The molecule has 26 heavy (non-hydrogen) atoms. The van der Waals surface area contributed by atoms with Gasteiger partial charge in [-0.1, -0.05) is 19.3 Å². The highest BCUT2D eigenvalue weighted by atomic mass is 16.1. The van der Waals surface area contributed by atoms with Gasteiger partial charge in [-0.2, -0.15) is 5.10 Å². The fourth-order valence-corrected chi connectivity index (χ4v) is 4.29. The van der Waals surface area contributed by atoms with Crippen molar-refractivity contribution in [3.05, 3.63) is 29.1 Å². The predicted molar refractivity (Wildman–Crippen MR) is 98.0 cm³/mol. The topological polar surface area (TPSA) is 77.6 Å². The molecule has 7 nitrogen and oxygen atoms in total.